The Kier molecular flexibility index (Phi) is 3.99. The smallest absolute Gasteiger partial charge is 0.0651 e. The molecule has 0 radical (unpaired) electrons. The molecule has 7 aliphatic rings. The number of hydrogen-bond acceptors (Lipinski definition) is 2. The second kappa shape index (κ2) is 6.35. The van der Waals surface area contributed by atoms with E-state index < -0.39 is 0 Å². The van der Waals surface area contributed by atoms with Crippen molar-refractivity contribution in [1.29, 1.82) is 0 Å². The minimum Gasteiger partial charge on any atom is -0.378 e. The van der Waals surface area contributed by atoms with E-state index in [2.05, 4.69) is 32.9 Å². The molecule has 4 saturated carbocycles. The van der Waals surface area contributed by atoms with Crippen LogP contribution in [0.2, 0.25) is 0 Å². The van der Waals surface area contributed by atoms with Crippen LogP contribution in [0.3, 0.4) is 0 Å². The summed E-state index contributed by atoms with van der Waals surface area (Å²) in [7, 11) is 0. The zero-order valence-corrected chi connectivity index (χ0v) is 18.6. The summed E-state index contributed by atoms with van der Waals surface area (Å²) in [5.41, 5.74) is 0. The molecule has 0 N–H and O–H groups in total. The molecule has 0 amide bonds. The first-order valence-electron chi connectivity index (χ1n) is 13.1. The van der Waals surface area contributed by atoms with E-state index in [-0.39, 0.29) is 0 Å². The first-order valence-corrected chi connectivity index (χ1v) is 13.1. The molecule has 14 unspecified atom stereocenters. The summed E-state index contributed by atoms with van der Waals surface area (Å²) in [5.74, 6) is 10.3. The molecule has 0 aromatic heterocycles. The Labute approximate surface area is 177 Å². The van der Waals surface area contributed by atoms with E-state index in [1.165, 1.54) is 38.5 Å². The fourth-order valence-corrected chi connectivity index (χ4v) is 10.2. The van der Waals surface area contributed by atoms with Crippen LogP contribution in [0.25, 0.3) is 0 Å². The zero-order valence-electron chi connectivity index (χ0n) is 18.6. The van der Waals surface area contributed by atoms with Gasteiger partial charge >= 0.3 is 0 Å². The maximum Gasteiger partial charge on any atom is 0.0651 e. The highest BCUT2D eigenvalue weighted by Crippen LogP contribution is 2.71. The highest BCUT2D eigenvalue weighted by atomic mass is 16.5. The normalized spacial score (nSPS) is 61.1. The molecule has 2 heteroatoms. The summed E-state index contributed by atoms with van der Waals surface area (Å²) in [6.07, 6.45) is 15.3. The summed E-state index contributed by atoms with van der Waals surface area (Å²) in [6.45, 7) is 8.29. The lowest BCUT2D eigenvalue weighted by Crippen LogP contribution is -2.46. The molecule has 2 saturated heterocycles. The van der Waals surface area contributed by atoms with E-state index in [1.54, 1.807) is 0 Å². The molecule has 29 heavy (non-hydrogen) atoms. The standard InChI is InChI=1S/C27H40O2/c1-13(2)19-7-4-14(3)8-21(19)28-12-18-10-17-11-20(18)25-24(17)26-22-15-5-6-16(9-15)23(22)27(25)29-26/h5-6,13-27H,4,7-12H2,1-3H3. The summed E-state index contributed by atoms with van der Waals surface area (Å²) in [5, 5.41) is 0. The second-order valence-corrected chi connectivity index (χ2v) is 12.7. The Hall–Kier alpha value is -0.340. The molecule has 2 aliphatic heterocycles. The van der Waals surface area contributed by atoms with Crippen LogP contribution >= 0.6 is 0 Å². The van der Waals surface area contributed by atoms with E-state index in [0.29, 0.717) is 18.3 Å². The number of rotatable bonds is 4. The van der Waals surface area contributed by atoms with Crippen LogP contribution in [0.1, 0.15) is 59.3 Å². The molecule has 14 atom stereocenters. The number of hydrogen-bond donors (Lipinski definition) is 0. The van der Waals surface area contributed by atoms with Gasteiger partial charge in [-0.3, -0.25) is 0 Å². The summed E-state index contributed by atoms with van der Waals surface area (Å²) >= 11 is 0. The Bertz CT molecular complexity index is 699. The van der Waals surface area contributed by atoms with Crippen LogP contribution in [0.15, 0.2) is 12.2 Å². The number of allylic oxidation sites excluding steroid dienone is 2. The Morgan fingerprint density at radius 1 is 0.897 bits per heavy atom. The SMILES string of the molecule is CC1CCC(C(C)C)C(OCC2CC3CC2C2C4OC(C5C6C=CC(C6)C45)C32)C1. The molecule has 0 spiro atoms. The Morgan fingerprint density at radius 3 is 2.41 bits per heavy atom. The van der Waals surface area contributed by atoms with Crippen molar-refractivity contribution in [3.8, 4) is 0 Å². The molecule has 6 fully saturated rings. The molecule has 2 nitrogen and oxygen atoms in total. The molecular weight excluding hydrogens is 356 g/mol. The van der Waals surface area contributed by atoms with Crippen LogP contribution in [0, 0.1) is 71.0 Å². The predicted molar refractivity (Wildman–Crippen MR) is 114 cm³/mol. The molecule has 7 rings (SSSR count). The molecule has 0 aromatic rings. The van der Waals surface area contributed by atoms with Gasteiger partial charge in [-0.15, -0.1) is 0 Å². The Balaban J connectivity index is 1.06. The first kappa shape index (κ1) is 18.3. The molecule has 5 aliphatic carbocycles. The van der Waals surface area contributed by atoms with Gasteiger partial charge in [0, 0.05) is 0 Å². The average Bonchev–Trinajstić information content (AvgIpc) is 3.51. The zero-order chi connectivity index (χ0) is 19.4. The number of ether oxygens (including phenoxy) is 2. The third kappa shape index (κ3) is 2.43. The predicted octanol–water partition coefficient (Wildman–Crippen LogP) is 5.57. The monoisotopic (exact) mass is 396 g/mol. The van der Waals surface area contributed by atoms with Gasteiger partial charge in [0.15, 0.2) is 0 Å². The van der Waals surface area contributed by atoms with Crippen LogP contribution in [-0.4, -0.2) is 24.9 Å². The van der Waals surface area contributed by atoms with E-state index in [9.17, 15) is 0 Å². The van der Waals surface area contributed by atoms with Crippen molar-refractivity contribution in [1.82, 2.24) is 0 Å². The molecule has 6 bridgehead atoms. The van der Waals surface area contributed by atoms with Gasteiger partial charge in [-0.1, -0.05) is 39.3 Å². The summed E-state index contributed by atoms with van der Waals surface area (Å²) in [6, 6.07) is 0. The van der Waals surface area contributed by atoms with Crippen molar-refractivity contribution >= 4 is 0 Å². The van der Waals surface area contributed by atoms with Crippen LogP contribution < -0.4 is 0 Å². The van der Waals surface area contributed by atoms with E-state index >= 15 is 0 Å². The summed E-state index contributed by atoms with van der Waals surface area (Å²) < 4.78 is 13.6. The van der Waals surface area contributed by atoms with E-state index in [0.717, 1.165) is 77.6 Å². The lowest BCUT2D eigenvalue weighted by atomic mass is 9.59. The Morgan fingerprint density at radius 2 is 1.66 bits per heavy atom. The van der Waals surface area contributed by atoms with Crippen molar-refractivity contribution in [2.45, 2.75) is 77.6 Å². The lowest BCUT2D eigenvalue weighted by Gasteiger charge is -2.43. The molecule has 160 valence electrons. The maximum atomic E-state index is 6.79. The van der Waals surface area contributed by atoms with Gasteiger partial charge in [-0.05, 0) is 103 Å². The largest absolute Gasteiger partial charge is 0.378 e. The van der Waals surface area contributed by atoms with Gasteiger partial charge in [0.2, 0.25) is 0 Å². The molecule has 0 aromatic carbocycles. The van der Waals surface area contributed by atoms with Crippen LogP contribution in [0.5, 0.6) is 0 Å². The van der Waals surface area contributed by atoms with Crippen molar-refractivity contribution < 1.29 is 9.47 Å². The van der Waals surface area contributed by atoms with Gasteiger partial charge < -0.3 is 9.47 Å². The third-order valence-corrected chi connectivity index (χ3v) is 11.2. The summed E-state index contributed by atoms with van der Waals surface area (Å²) in [4.78, 5) is 0. The van der Waals surface area contributed by atoms with Gasteiger partial charge in [0.25, 0.3) is 0 Å². The minimum absolute atomic E-state index is 0.519. The maximum absolute atomic E-state index is 6.79. The fraction of sp³-hybridized carbons (Fsp3) is 0.926. The van der Waals surface area contributed by atoms with Gasteiger partial charge in [-0.2, -0.15) is 0 Å². The second-order valence-electron chi connectivity index (χ2n) is 12.7. The van der Waals surface area contributed by atoms with Crippen molar-refractivity contribution in [2.75, 3.05) is 6.61 Å². The fourth-order valence-electron chi connectivity index (χ4n) is 10.2. The van der Waals surface area contributed by atoms with Crippen LogP contribution in [-0.2, 0) is 9.47 Å². The quantitative estimate of drug-likeness (QED) is 0.578. The van der Waals surface area contributed by atoms with Crippen molar-refractivity contribution in [3.63, 3.8) is 0 Å². The molecule has 2 heterocycles. The van der Waals surface area contributed by atoms with E-state index in [4.69, 9.17) is 9.47 Å². The molecular formula is C27H40O2. The van der Waals surface area contributed by atoms with Gasteiger partial charge in [0.05, 0.1) is 24.9 Å². The third-order valence-electron chi connectivity index (χ3n) is 11.2. The van der Waals surface area contributed by atoms with Crippen molar-refractivity contribution in [2.24, 2.45) is 71.0 Å². The average molecular weight is 397 g/mol. The van der Waals surface area contributed by atoms with Gasteiger partial charge in [0.1, 0.15) is 0 Å². The van der Waals surface area contributed by atoms with Crippen molar-refractivity contribution in [3.05, 3.63) is 12.2 Å². The topological polar surface area (TPSA) is 18.5 Å². The highest BCUT2D eigenvalue weighted by Gasteiger charge is 2.72. The highest BCUT2D eigenvalue weighted by molar-refractivity contribution is 5.25. The first-order chi connectivity index (χ1) is 14.1. The van der Waals surface area contributed by atoms with Gasteiger partial charge in [-0.25, -0.2) is 0 Å². The number of fused-ring (bicyclic) bond motifs is 16. The van der Waals surface area contributed by atoms with E-state index in [1.807, 2.05) is 0 Å². The minimum atomic E-state index is 0.519. The van der Waals surface area contributed by atoms with Crippen LogP contribution in [0.4, 0.5) is 0 Å². The lowest BCUT2D eigenvalue weighted by molar-refractivity contribution is -0.0662.